The van der Waals surface area contributed by atoms with Crippen LogP contribution in [0.25, 0.3) is 11.0 Å². The summed E-state index contributed by atoms with van der Waals surface area (Å²) in [7, 11) is 0. The van der Waals surface area contributed by atoms with E-state index in [9.17, 15) is 0 Å². The lowest BCUT2D eigenvalue weighted by Gasteiger charge is -2.21. The Hall–Kier alpha value is -1.24. The van der Waals surface area contributed by atoms with Crippen molar-refractivity contribution in [3.05, 3.63) is 35.1 Å². The van der Waals surface area contributed by atoms with Gasteiger partial charge in [0.25, 0.3) is 0 Å². The van der Waals surface area contributed by atoms with E-state index in [1.807, 2.05) is 0 Å². The number of fused-ring (bicyclic) bond motifs is 1. The van der Waals surface area contributed by atoms with E-state index < -0.39 is 0 Å². The predicted molar refractivity (Wildman–Crippen MR) is 73.7 cm³/mol. The first-order valence-electron chi connectivity index (χ1n) is 6.34. The van der Waals surface area contributed by atoms with Crippen molar-refractivity contribution in [1.82, 2.24) is 0 Å². The fraction of sp³-hybridized carbons (Fsp3) is 0.500. The van der Waals surface area contributed by atoms with E-state index in [0.717, 1.165) is 11.3 Å². The van der Waals surface area contributed by atoms with E-state index in [1.165, 1.54) is 16.5 Å². The molecule has 92 valence electrons. The first kappa shape index (κ1) is 12.2. The molecule has 1 nitrogen and oxygen atoms in total. The molecule has 0 N–H and O–H groups in total. The van der Waals surface area contributed by atoms with Crippen molar-refractivity contribution >= 4 is 11.0 Å². The molecule has 2 rings (SSSR count). The summed E-state index contributed by atoms with van der Waals surface area (Å²) in [5, 5.41) is 1.26. The Bertz CT molecular complexity index is 538. The van der Waals surface area contributed by atoms with Crippen LogP contribution in [-0.4, -0.2) is 0 Å². The van der Waals surface area contributed by atoms with Gasteiger partial charge in [0.15, 0.2) is 0 Å². The van der Waals surface area contributed by atoms with Gasteiger partial charge in [-0.05, 0) is 35.6 Å². The second-order valence-corrected chi connectivity index (χ2v) is 6.20. The molecular formula is C16H22O. The maximum atomic E-state index is 5.88. The van der Waals surface area contributed by atoms with E-state index in [1.54, 1.807) is 0 Å². The molecule has 0 aliphatic heterocycles. The highest BCUT2D eigenvalue weighted by atomic mass is 16.3. The van der Waals surface area contributed by atoms with Crippen molar-refractivity contribution in [1.29, 1.82) is 0 Å². The molecule has 2 aromatic rings. The van der Waals surface area contributed by atoms with Crippen LogP contribution >= 0.6 is 0 Å². The Morgan fingerprint density at radius 1 is 1.12 bits per heavy atom. The summed E-state index contributed by atoms with van der Waals surface area (Å²) < 4.78 is 5.88. The molecule has 1 aromatic carbocycles. The average molecular weight is 230 g/mol. The quantitative estimate of drug-likeness (QED) is 0.659. The van der Waals surface area contributed by atoms with Crippen LogP contribution in [0.3, 0.4) is 0 Å². The molecule has 0 saturated heterocycles. The van der Waals surface area contributed by atoms with Gasteiger partial charge in [0, 0.05) is 11.3 Å². The fourth-order valence-electron chi connectivity index (χ4n) is 2.37. The monoisotopic (exact) mass is 230 g/mol. The van der Waals surface area contributed by atoms with Gasteiger partial charge < -0.3 is 4.42 Å². The van der Waals surface area contributed by atoms with Gasteiger partial charge in [-0.1, -0.05) is 40.7 Å². The Balaban J connectivity index is 2.67. The highest BCUT2D eigenvalue weighted by Crippen LogP contribution is 2.33. The highest BCUT2D eigenvalue weighted by molar-refractivity contribution is 5.83. The Labute approximate surface area is 104 Å². The van der Waals surface area contributed by atoms with Crippen molar-refractivity contribution in [2.45, 2.75) is 52.9 Å². The molecular weight excluding hydrogens is 208 g/mol. The minimum atomic E-state index is 0.188. The molecule has 0 bridgehead atoms. The zero-order chi connectivity index (χ0) is 12.8. The van der Waals surface area contributed by atoms with Gasteiger partial charge in [-0.2, -0.15) is 0 Å². The van der Waals surface area contributed by atoms with Gasteiger partial charge in [0.2, 0.25) is 0 Å². The molecule has 1 heteroatoms. The minimum absolute atomic E-state index is 0.188. The Kier molecular flexibility index (Phi) is 2.81. The van der Waals surface area contributed by atoms with Gasteiger partial charge in [-0.25, -0.2) is 0 Å². The van der Waals surface area contributed by atoms with E-state index in [0.29, 0.717) is 5.92 Å². The molecule has 0 aliphatic carbocycles. The van der Waals surface area contributed by atoms with Crippen LogP contribution in [0, 0.1) is 6.92 Å². The molecule has 0 unspecified atom stereocenters. The SMILES string of the molecule is Cc1c(C(C)(C)C)ccc2oc(C(C)C)cc12. The lowest BCUT2D eigenvalue weighted by molar-refractivity contribution is 0.521. The number of hydrogen-bond donors (Lipinski definition) is 0. The second-order valence-electron chi connectivity index (χ2n) is 6.20. The first-order chi connectivity index (χ1) is 7.80. The zero-order valence-electron chi connectivity index (χ0n) is 11.7. The predicted octanol–water partition coefficient (Wildman–Crippen LogP) is 5.16. The third-order valence-electron chi connectivity index (χ3n) is 3.37. The summed E-state index contributed by atoms with van der Waals surface area (Å²) in [6.07, 6.45) is 0. The van der Waals surface area contributed by atoms with Crippen LogP contribution in [-0.2, 0) is 5.41 Å². The molecule has 0 radical (unpaired) electrons. The zero-order valence-corrected chi connectivity index (χ0v) is 11.7. The number of aryl methyl sites for hydroxylation is 1. The molecule has 0 amide bonds. The van der Waals surface area contributed by atoms with E-state index in [4.69, 9.17) is 4.42 Å². The lowest BCUT2D eigenvalue weighted by Crippen LogP contribution is -2.12. The van der Waals surface area contributed by atoms with Crippen LogP contribution in [0.5, 0.6) is 0 Å². The summed E-state index contributed by atoms with van der Waals surface area (Å²) >= 11 is 0. The smallest absolute Gasteiger partial charge is 0.134 e. The third kappa shape index (κ3) is 2.11. The fourth-order valence-corrected chi connectivity index (χ4v) is 2.37. The Morgan fingerprint density at radius 2 is 1.76 bits per heavy atom. The number of furan rings is 1. The summed E-state index contributed by atoms with van der Waals surface area (Å²) in [6, 6.07) is 6.50. The van der Waals surface area contributed by atoms with Crippen LogP contribution in [0.4, 0.5) is 0 Å². The largest absolute Gasteiger partial charge is 0.461 e. The standard InChI is InChI=1S/C16H22O/c1-10(2)15-9-12-11(3)13(16(4,5)6)7-8-14(12)17-15/h7-10H,1-6H3. The molecule has 1 aromatic heterocycles. The van der Waals surface area contributed by atoms with Gasteiger partial charge in [-0.15, -0.1) is 0 Å². The van der Waals surface area contributed by atoms with Crippen LogP contribution in [0.15, 0.2) is 22.6 Å². The van der Waals surface area contributed by atoms with Crippen LogP contribution < -0.4 is 0 Å². The van der Waals surface area contributed by atoms with Gasteiger partial charge in [0.05, 0.1) is 0 Å². The number of hydrogen-bond acceptors (Lipinski definition) is 1. The van der Waals surface area contributed by atoms with E-state index in [2.05, 4.69) is 59.7 Å². The second kappa shape index (κ2) is 3.90. The van der Waals surface area contributed by atoms with Crippen LogP contribution in [0.2, 0.25) is 0 Å². The van der Waals surface area contributed by atoms with E-state index in [-0.39, 0.29) is 5.41 Å². The summed E-state index contributed by atoms with van der Waals surface area (Å²) in [6.45, 7) is 13.3. The minimum Gasteiger partial charge on any atom is -0.461 e. The van der Waals surface area contributed by atoms with E-state index >= 15 is 0 Å². The van der Waals surface area contributed by atoms with Crippen molar-refractivity contribution in [2.75, 3.05) is 0 Å². The number of rotatable bonds is 1. The molecule has 0 atom stereocenters. The molecule has 0 fully saturated rings. The topological polar surface area (TPSA) is 13.1 Å². The van der Waals surface area contributed by atoms with Gasteiger partial charge in [0.1, 0.15) is 11.3 Å². The number of benzene rings is 1. The molecule has 0 aliphatic rings. The van der Waals surface area contributed by atoms with Crippen molar-refractivity contribution in [2.24, 2.45) is 0 Å². The lowest BCUT2D eigenvalue weighted by atomic mass is 9.83. The summed E-state index contributed by atoms with van der Waals surface area (Å²) in [5.74, 6) is 1.52. The first-order valence-corrected chi connectivity index (χ1v) is 6.34. The molecule has 17 heavy (non-hydrogen) atoms. The third-order valence-corrected chi connectivity index (χ3v) is 3.37. The highest BCUT2D eigenvalue weighted by Gasteiger charge is 2.19. The van der Waals surface area contributed by atoms with Crippen LogP contribution in [0.1, 0.15) is 57.4 Å². The normalized spacial score (nSPS) is 12.6. The average Bonchev–Trinajstić information content (AvgIpc) is 2.60. The molecule has 0 spiro atoms. The maximum absolute atomic E-state index is 5.88. The van der Waals surface area contributed by atoms with Gasteiger partial charge in [-0.3, -0.25) is 0 Å². The van der Waals surface area contributed by atoms with Crippen molar-refractivity contribution in [3.63, 3.8) is 0 Å². The van der Waals surface area contributed by atoms with Crippen molar-refractivity contribution in [3.8, 4) is 0 Å². The summed E-state index contributed by atoms with van der Waals surface area (Å²) in [4.78, 5) is 0. The van der Waals surface area contributed by atoms with Crippen molar-refractivity contribution < 1.29 is 4.42 Å². The van der Waals surface area contributed by atoms with Gasteiger partial charge >= 0.3 is 0 Å². The maximum Gasteiger partial charge on any atom is 0.134 e. The summed E-state index contributed by atoms with van der Waals surface area (Å²) in [5.41, 5.74) is 3.96. The Morgan fingerprint density at radius 3 is 2.29 bits per heavy atom. The molecule has 0 saturated carbocycles. The molecule has 1 heterocycles.